The van der Waals surface area contributed by atoms with Crippen LogP contribution in [0.25, 0.3) is 10.9 Å². The Labute approximate surface area is 105 Å². The number of aryl methyl sites for hydroxylation is 2. The number of carbonyl (C=O) groups is 1. The lowest BCUT2D eigenvalue weighted by atomic mass is 10.1. The highest BCUT2D eigenvalue weighted by molar-refractivity contribution is 6.36. The number of aromatic nitrogens is 1. The van der Waals surface area contributed by atoms with Gasteiger partial charge < -0.3 is 9.67 Å². The molecule has 0 amide bonds. The molecule has 90 valence electrons. The van der Waals surface area contributed by atoms with Gasteiger partial charge in [-0.3, -0.25) is 0 Å². The fourth-order valence-electron chi connectivity index (χ4n) is 2.09. The molecule has 0 unspecified atom stereocenters. The van der Waals surface area contributed by atoms with Crippen LogP contribution >= 0.6 is 11.6 Å². The molecule has 0 aliphatic carbocycles. The summed E-state index contributed by atoms with van der Waals surface area (Å²) in [4.78, 5) is 11.0. The van der Waals surface area contributed by atoms with E-state index >= 15 is 0 Å². The molecule has 0 saturated carbocycles. The molecule has 1 aromatic heterocycles. The van der Waals surface area contributed by atoms with Crippen molar-refractivity contribution in [1.29, 1.82) is 0 Å². The first-order chi connectivity index (χ1) is 8.06. The van der Waals surface area contributed by atoms with Gasteiger partial charge in [-0.2, -0.15) is 0 Å². The molecule has 0 atom stereocenters. The smallest absolute Gasteiger partial charge is 0.352 e. The van der Waals surface area contributed by atoms with Crippen molar-refractivity contribution in [3.8, 4) is 0 Å². The maximum Gasteiger partial charge on any atom is 0.352 e. The molecule has 1 N–H and O–H groups in total. The minimum atomic E-state index is -0.934. The molecule has 2 rings (SSSR count). The summed E-state index contributed by atoms with van der Waals surface area (Å²) in [5.41, 5.74) is 2.19. The van der Waals surface area contributed by atoms with Crippen molar-refractivity contribution in [1.82, 2.24) is 4.57 Å². The Hall–Kier alpha value is -1.48. The van der Waals surface area contributed by atoms with Crippen LogP contribution in [0.3, 0.4) is 0 Å². The van der Waals surface area contributed by atoms with E-state index in [1.807, 2.05) is 12.1 Å². The van der Waals surface area contributed by atoms with Crippen molar-refractivity contribution in [2.24, 2.45) is 7.05 Å². The number of carboxylic acids is 1. The third kappa shape index (κ3) is 1.91. The Morgan fingerprint density at radius 3 is 2.76 bits per heavy atom. The first kappa shape index (κ1) is 12.0. The molecule has 0 saturated heterocycles. The molecule has 17 heavy (non-hydrogen) atoms. The van der Waals surface area contributed by atoms with E-state index in [1.165, 1.54) is 0 Å². The number of rotatable bonds is 3. The second-order valence-corrected chi connectivity index (χ2v) is 4.49. The van der Waals surface area contributed by atoms with Crippen LogP contribution in [0.5, 0.6) is 0 Å². The molecule has 0 spiro atoms. The SMILES string of the molecule is CCCc1ccc2c(cc(C(=O)O)n2C)c1Cl. The summed E-state index contributed by atoms with van der Waals surface area (Å²) in [6.45, 7) is 2.09. The van der Waals surface area contributed by atoms with Gasteiger partial charge in [-0.25, -0.2) is 4.79 Å². The predicted octanol–water partition coefficient (Wildman–Crippen LogP) is 3.48. The number of fused-ring (bicyclic) bond motifs is 1. The van der Waals surface area contributed by atoms with Gasteiger partial charge in [0.25, 0.3) is 0 Å². The van der Waals surface area contributed by atoms with Crippen LogP contribution in [-0.4, -0.2) is 15.6 Å². The lowest BCUT2D eigenvalue weighted by Crippen LogP contribution is -2.03. The van der Waals surface area contributed by atoms with Crippen molar-refractivity contribution < 1.29 is 9.90 Å². The Morgan fingerprint density at radius 1 is 1.47 bits per heavy atom. The number of aromatic carboxylic acids is 1. The highest BCUT2D eigenvalue weighted by Gasteiger charge is 2.15. The van der Waals surface area contributed by atoms with Gasteiger partial charge in [-0.05, 0) is 24.1 Å². The fourth-order valence-corrected chi connectivity index (χ4v) is 2.40. The highest BCUT2D eigenvalue weighted by atomic mass is 35.5. The third-order valence-corrected chi connectivity index (χ3v) is 3.43. The minimum Gasteiger partial charge on any atom is -0.477 e. The van der Waals surface area contributed by atoms with Gasteiger partial charge in [-0.15, -0.1) is 0 Å². The average molecular weight is 252 g/mol. The van der Waals surface area contributed by atoms with Gasteiger partial charge in [-0.1, -0.05) is 31.0 Å². The van der Waals surface area contributed by atoms with Gasteiger partial charge in [0.05, 0.1) is 5.02 Å². The van der Waals surface area contributed by atoms with Crippen LogP contribution in [0.4, 0.5) is 0 Å². The lowest BCUT2D eigenvalue weighted by molar-refractivity contribution is 0.0687. The zero-order chi connectivity index (χ0) is 12.6. The molecular formula is C13H14ClNO2. The van der Waals surface area contributed by atoms with Crippen LogP contribution < -0.4 is 0 Å². The summed E-state index contributed by atoms with van der Waals surface area (Å²) in [7, 11) is 1.74. The fraction of sp³-hybridized carbons (Fsp3) is 0.308. The van der Waals surface area contributed by atoms with Gasteiger partial charge in [0.2, 0.25) is 0 Å². The predicted molar refractivity (Wildman–Crippen MR) is 68.9 cm³/mol. The van der Waals surface area contributed by atoms with Gasteiger partial charge in [0, 0.05) is 18.0 Å². The molecule has 1 heterocycles. The average Bonchev–Trinajstić information content (AvgIpc) is 2.61. The van der Waals surface area contributed by atoms with E-state index in [9.17, 15) is 4.79 Å². The summed E-state index contributed by atoms with van der Waals surface area (Å²) in [5.74, 6) is -0.934. The molecule has 0 aliphatic heterocycles. The first-order valence-electron chi connectivity index (χ1n) is 5.56. The Balaban J connectivity index is 2.70. The van der Waals surface area contributed by atoms with E-state index in [2.05, 4.69) is 6.92 Å². The molecular weight excluding hydrogens is 238 g/mol. The van der Waals surface area contributed by atoms with E-state index in [0.717, 1.165) is 29.3 Å². The zero-order valence-electron chi connectivity index (χ0n) is 9.83. The first-order valence-corrected chi connectivity index (χ1v) is 5.94. The van der Waals surface area contributed by atoms with E-state index in [0.29, 0.717) is 5.02 Å². The lowest BCUT2D eigenvalue weighted by Gasteiger charge is -2.04. The summed E-state index contributed by atoms with van der Waals surface area (Å²) in [5, 5.41) is 10.6. The maximum absolute atomic E-state index is 11.0. The quantitative estimate of drug-likeness (QED) is 0.907. The van der Waals surface area contributed by atoms with E-state index in [-0.39, 0.29) is 5.69 Å². The molecule has 0 radical (unpaired) electrons. The van der Waals surface area contributed by atoms with Gasteiger partial charge >= 0.3 is 5.97 Å². The highest BCUT2D eigenvalue weighted by Crippen LogP contribution is 2.30. The van der Waals surface area contributed by atoms with Crippen molar-refractivity contribution in [2.45, 2.75) is 19.8 Å². The molecule has 3 nitrogen and oxygen atoms in total. The van der Waals surface area contributed by atoms with Crippen LogP contribution in [0.2, 0.25) is 5.02 Å². The summed E-state index contributed by atoms with van der Waals surface area (Å²) in [6, 6.07) is 5.54. The van der Waals surface area contributed by atoms with E-state index in [1.54, 1.807) is 17.7 Å². The summed E-state index contributed by atoms with van der Waals surface area (Å²) in [6.07, 6.45) is 1.93. The Morgan fingerprint density at radius 2 is 2.18 bits per heavy atom. The number of hydrogen-bond acceptors (Lipinski definition) is 1. The van der Waals surface area contributed by atoms with Crippen molar-refractivity contribution in [2.75, 3.05) is 0 Å². The summed E-state index contributed by atoms with van der Waals surface area (Å²) >= 11 is 6.30. The topological polar surface area (TPSA) is 42.2 Å². The van der Waals surface area contributed by atoms with Crippen molar-refractivity contribution >= 4 is 28.5 Å². The second kappa shape index (κ2) is 4.41. The number of hydrogen-bond donors (Lipinski definition) is 1. The minimum absolute atomic E-state index is 0.260. The number of benzene rings is 1. The molecule has 2 aromatic rings. The van der Waals surface area contributed by atoms with E-state index in [4.69, 9.17) is 16.7 Å². The van der Waals surface area contributed by atoms with Crippen LogP contribution in [-0.2, 0) is 13.5 Å². The number of halogens is 1. The molecule has 4 heteroatoms. The largest absolute Gasteiger partial charge is 0.477 e. The summed E-state index contributed by atoms with van der Waals surface area (Å²) < 4.78 is 1.65. The maximum atomic E-state index is 11.0. The molecule has 1 aromatic carbocycles. The number of nitrogens with zero attached hydrogens (tertiary/aromatic N) is 1. The van der Waals surface area contributed by atoms with Crippen molar-refractivity contribution in [3.05, 3.63) is 34.5 Å². The van der Waals surface area contributed by atoms with Crippen LogP contribution in [0.15, 0.2) is 18.2 Å². The van der Waals surface area contributed by atoms with Gasteiger partial charge in [0.15, 0.2) is 0 Å². The monoisotopic (exact) mass is 251 g/mol. The standard InChI is InChI=1S/C13H14ClNO2/c1-3-4-8-5-6-10-9(12(8)14)7-11(13(16)17)15(10)2/h5-7H,3-4H2,1-2H3,(H,16,17). The Bertz CT molecular complexity index is 587. The van der Waals surface area contributed by atoms with Crippen molar-refractivity contribution in [3.63, 3.8) is 0 Å². The third-order valence-electron chi connectivity index (χ3n) is 2.98. The normalized spacial score (nSPS) is 11.0. The van der Waals surface area contributed by atoms with Crippen LogP contribution in [0, 0.1) is 0 Å². The molecule has 0 bridgehead atoms. The molecule has 0 aliphatic rings. The van der Waals surface area contributed by atoms with E-state index < -0.39 is 5.97 Å². The zero-order valence-corrected chi connectivity index (χ0v) is 10.6. The van der Waals surface area contributed by atoms with Crippen LogP contribution in [0.1, 0.15) is 29.4 Å². The van der Waals surface area contributed by atoms with Gasteiger partial charge in [0.1, 0.15) is 5.69 Å². The second-order valence-electron chi connectivity index (χ2n) is 4.12. The molecule has 0 fully saturated rings. The number of carboxylic acid groups (broad SMARTS) is 1. The Kier molecular flexibility index (Phi) is 3.11.